The summed E-state index contributed by atoms with van der Waals surface area (Å²) < 4.78 is 0. The molecule has 1 atom stereocenters. The fraction of sp³-hybridized carbons (Fsp3) is 0.692. The van der Waals surface area contributed by atoms with Gasteiger partial charge in [-0.2, -0.15) is 0 Å². The highest BCUT2D eigenvalue weighted by molar-refractivity contribution is 5.49. The van der Waals surface area contributed by atoms with E-state index in [2.05, 4.69) is 48.0 Å². The van der Waals surface area contributed by atoms with Crippen molar-refractivity contribution in [2.24, 2.45) is 0 Å². The lowest BCUT2D eigenvalue weighted by atomic mass is 10.2. The van der Waals surface area contributed by atoms with Gasteiger partial charge in [-0.25, -0.2) is 9.97 Å². The maximum absolute atomic E-state index is 4.49. The van der Waals surface area contributed by atoms with E-state index in [0.717, 1.165) is 24.0 Å². The van der Waals surface area contributed by atoms with Crippen LogP contribution in [-0.4, -0.2) is 29.6 Å². The zero-order valence-electron chi connectivity index (χ0n) is 11.6. The van der Waals surface area contributed by atoms with Crippen molar-refractivity contribution in [3.05, 3.63) is 11.9 Å². The summed E-state index contributed by atoms with van der Waals surface area (Å²) in [5.74, 6) is 2.72. The predicted molar refractivity (Wildman–Crippen MR) is 73.7 cm³/mol. The molecule has 1 rings (SSSR count). The van der Waals surface area contributed by atoms with Gasteiger partial charge in [-0.3, -0.25) is 0 Å². The largest absolute Gasteiger partial charge is 0.370 e. The first-order chi connectivity index (χ1) is 8.08. The van der Waals surface area contributed by atoms with Crippen LogP contribution in [0.2, 0.25) is 0 Å². The molecule has 1 aromatic rings. The number of aromatic nitrogens is 2. The minimum absolute atomic E-state index is 0.503. The van der Waals surface area contributed by atoms with E-state index in [1.807, 2.05) is 13.0 Å². The van der Waals surface area contributed by atoms with E-state index < -0.39 is 0 Å². The summed E-state index contributed by atoms with van der Waals surface area (Å²) in [4.78, 5) is 11.1. The number of hydrogen-bond acceptors (Lipinski definition) is 4. The van der Waals surface area contributed by atoms with Crippen LogP contribution >= 0.6 is 0 Å². The van der Waals surface area contributed by atoms with E-state index >= 15 is 0 Å². The smallest absolute Gasteiger partial charge is 0.134 e. The van der Waals surface area contributed by atoms with E-state index in [1.165, 1.54) is 12.8 Å². The summed E-state index contributed by atoms with van der Waals surface area (Å²) in [7, 11) is 2.10. The van der Waals surface area contributed by atoms with Crippen LogP contribution < -0.4 is 10.2 Å². The lowest BCUT2D eigenvalue weighted by Gasteiger charge is -2.26. The molecule has 17 heavy (non-hydrogen) atoms. The van der Waals surface area contributed by atoms with Crippen LogP contribution in [0.15, 0.2) is 6.07 Å². The number of nitrogens with zero attached hydrogens (tertiary/aromatic N) is 3. The highest BCUT2D eigenvalue weighted by atomic mass is 15.2. The Hall–Kier alpha value is -1.32. The molecule has 1 unspecified atom stereocenters. The zero-order chi connectivity index (χ0) is 12.8. The van der Waals surface area contributed by atoms with Crippen molar-refractivity contribution in [1.82, 2.24) is 9.97 Å². The molecule has 1 aromatic heterocycles. The molecule has 0 aromatic carbocycles. The van der Waals surface area contributed by atoms with Gasteiger partial charge in [-0.1, -0.05) is 13.3 Å². The molecule has 1 heterocycles. The van der Waals surface area contributed by atoms with Crippen LogP contribution in [0.5, 0.6) is 0 Å². The molecule has 0 aliphatic carbocycles. The van der Waals surface area contributed by atoms with Gasteiger partial charge in [0.1, 0.15) is 17.5 Å². The Morgan fingerprint density at radius 1 is 1.35 bits per heavy atom. The van der Waals surface area contributed by atoms with Gasteiger partial charge in [0.05, 0.1) is 0 Å². The summed E-state index contributed by atoms with van der Waals surface area (Å²) in [6.07, 6.45) is 2.37. The van der Waals surface area contributed by atoms with Crippen molar-refractivity contribution in [3.8, 4) is 0 Å². The second-order valence-electron chi connectivity index (χ2n) is 4.44. The molecule has 4 heteroatoms. The summed E-state index contributed by atoms with van der Waals surface area (Å²) in [5, 5.41) is 3.24. The molecule has 0 saturated carbocycles. The third-order valence-corrected chi connectivity index (χ3v) is 2.91. The van der Waals surface area contributed by atoms with Gasteiger partial charge >= 0.3 is 0 Å². The minimum Gasteiger partial charge on any atom is -0.370 e. The standard InChI is InChI=1S/C13H24N4/c1-6-8-10(3)17(5)13-9-12(14-7-2)15-11(4)16-13/h9-10H,6-8H2,1-5H3,(H,14,15,16). The zero-order valence-corrected chi connectivity index (χ0v) is 11.6. The van der Waals surface area contributed by atoms with E-state index in [-0.39, 0.29) is 0 Å². The van der Waals surface area contributed by atoms with Crippen LogP contribution in [-0.2, 0) is 0 Å². The van der Waals surface area contributed by atoms with Crippen molar-refractivity contribution in [1.29, 1.82) is 0 Å². The SMILES string of the molecule is CCCC(C)N(C)c1cc(NCC)nc(C)n1. The number of aryl methyl sites for hydroxylation is 1. The third-order valence-electron chi connectivity index (χ3n) is 2.91. The Kier molecular flexibility index (Phi) is 5.19. The van der Waals surface area contributed by atoms with Crippen molar-refractivity contribution in [2.45, 2.75) is 46.6 Å². The van der Waals surface area contributed by atoms with Crippen molar-refractivity contribution < 1.29 is 0 Å². The minimum atomic E-state index is 0.503. The first-order valence-corrected chi connectivity index (χ1v) is 6.40. The van der Waals surface area contributed by atoms with E-state index in [4.69, 9.17) is 0 Å². The molecule has 4 nitrogen and oxygen atoms in total. The van der Waals surface area contributed by atoms with Crippen LogP contribution in [0.25, 0.3) is 0 Å². The Balaban J connectivity index is 2.88. The van der Waals surface area contributed by atoms with Crippen molar-refractivity contribution in [2.75, 3.05) is 23.8 Å². The first kappa shape index (κ1) is 13.7. The van der Waals surface area contributed by atoms with Crippen LogP contribution in [0.3, 0.4) is 0 Å². The Morgan fingerprint density at radius 2 is 2.06 bits per heavy atom. The number of anilines is 2. The Bertz CT molecular complexity index is 351. The second kappa shape index (κ2) is 6.42. The normalized spacial score (nSPS) is 12.3. The number of nitrogens with one attached hydrogen (secondary N) is 1. The van der Waals surface area contributed by atoms with Gasteiger partial charge in [0, 0.05) is 25.7 Å². The molecule has 0 saturated heterocycles. The molecule has 96 valence electrons. The number of rotatable bonds is 6. The average molecular weight is 236 g/mol. The first-order valence-electron chi connectivity index (χ1n) is 6.40. The van der Waals surface area contributed by atoms with Gasteiger partial charge < -0.3 is 10.2 Å². The number of hydrogen-bond donors (Lipinski definition) is 1. The van der Waals surface area contributed by atoms with Crippen LogP contribution in [0.1, 0.15) is 39.4 Å². The van der Waals surface area contributed by atoms with Gasteiger partial charge in [-0.15, -0.1) is 0 Å². The predicted octanol–water partition coefficient (Wildman–Crippen LogP) is 2.84. The fourth-order valence-corrected chi connectivity index (χ4v) is 1.84. The van der Waals surface area contributed by atoms with Crippen molar-refractivity contribution >= 4 is 11.6 Å². The van der Waals surface area contributed by atoms with Gasteiger partial charge in [-0.05, 0) is 27.2 Å². The van der Waals surface area contributed by atoms with E-state index in [0.29, 0.717) is 6.04 Å². The molecule has 0 aliphatic heterocycles. The van der Waals surface area contributed by atoms with Gasteiger partial charge in [0.15, 0.2) is 0 Å². The molecule has 1 N–H and O–H groups in total. The van der Waals surface area contributed by atoms with Gasteiger partial charge in [0.25, 0.3) is 0 Å². The monoisotopic (exact) mass is 236 g/mol. The summed E-state index contributed by atoms with van der Waals surface area (Å²) >= 11 is 0. The summed E-state index contributed by atoms with van der Waals surface area (Å²) in [6.45, 7) is 9.32. The molecule has 0 bridgehead atoms. The molecule has 0 aliphatic rings. The lowest BCUT2D eigenvalue weighted by Crippen LogP contribution is -2.29. The van der Waals surface area contributed by atoms with Crippen LogP contribution in [0.4, 0.5) is 11.6 Å². The van der Waals surface area contributed by atoms with Gasteiger partial charge in [0.2, 0.25) is 0 Å². The van der Waals surface area contributed by atoms with Crippen LogP contribution in [0, 0.1) is 6.92 Å². The maximum atomic E-state index is 4.49. The molecule has 0 spiro atoms. The summed E-state index contributed by atoms with van der Waals surface area (Å²) in [5.41, 5.74) is 0. The molecular formula is C13H24N4. The fourth-order valence-electron chi connectivity index (χ4n) is 1.84. The Labute approximate surface area is 104 Å². The quantitative estimate of drug-likeness (QED) is 0.824. The lowest BCUT2D eigenvalue weighted by molar-refractivity contribution is 0.610. The Morgan fingerprint density at radius 3 is 2.65 bits per heavy atom. The molecule has 0 amide bonds. The average Bonchev–Trinajstić information content (AvgIpc) is 2.28. The van der Waals surface area contributed by atoms with Crippen molar-refractivity contribution in [3.63, 3.8) is 0 Å². The second-order valence-corrected chi connectivity index (χ2v) is 4.44. The highest BCUT2D eigenvalue weighted by Crippen LogP contribution is 2.18. The van der Waals surface area contributed by atoms with E-state index in [1.54, 1.807) is 0 Å². The highest BCUT2D eigenvalue weighted by Gasteiger charge is 2.12. The van der Waals surface area contributed by atoms with E-state index in [9.17, 15) is 0 Å². The molecular weight excluding hydrogens is 212 g/mol. The molecule has 0 fully saturated rings. The maximum Gasteiger partial charge on any atom is 0.134 e. The summed E-state index contributed by atoms with van der Waals surface area (Å²) in [6, 6.07) is 2.52. The molecule has 0 radical (unpaired) electrons. The third kappa shape index (κ3) is 3.88. The topological polar surface area (TPSA) is 41.0 Å².